The Morgan fingerprint density at radius 3 is 3.12 bits per heavy atom. The lowest BCUT2D eigenvalue weighted by Gasteiger charge is -2.34. The maximum atomic E-state index is 12.0. The first-order valence-electron chi connectivity index (χ1n) is 5.77. The summed E-state index contributed by atoms with van der Waals surface area (Å²) in [5.41, 5.74) is 5.89. The quantitative estimate of drug-likeness (QED) is 0.824. The van der Waals surface area contributed by atoms with Gasteiger partial charge in [0, 0.05) is 19.1 Å². The fourth-order valence-corrected chi connectivity index (χ4v) is 2.18. The minimum absolute atomic E-state index is 0.0182. The molecule has 0 spiro atoms. The van der Waals surface area contributed by atoms with Crippen molar-refractivity contribution in [2.75, 3.05) is 13.1 Å². The second kappa shape index (κ2) is 4.70. The van der Waals surface area contributed by atoms with Crippen LogP contribution in [0.15, 0.2) is 22.8 Å². The molecule has 4 nitrogen and oxygen atoms in total. The molecule has 2 atom stereocenters. The van der Waals surface area contributed by atoms with Crippen molar-refractivity contribution in [2.45, 2.75) is 25.8 Å². The Morgan fingerprint density at radius 2 is 2.50 bits per heavy atom. The fraction of sp³-hybridized carbons (Fsp3) is 0.583. The van der Waals surface area contributed by atoms with Gasteiger partial charge in [-0.15, -0.1) is 0 Å². The molecule has 0 bridgehead atoms. The average Bonchev–Trinajstić information content (AvgIpc) is 2.81. The normalized spacial score (nSPS) is 23.1. The van der Waals surface area contributed by atoms with E-state index >= 15 is 0 Å². The number of hydrogen-bond donors (Lipinski definition) is 1. The summed E-state index contributed by atoms with van der Waals surface area (Å²) in [6.07, 6.45) is 3.67. The van der Waals surface area contributed by atoms with Gasteiger partial charge in [0.15, 0.2) is 5.76 Å². The van der Waals surface area contributed by atoms with Gasteiger partial charge in [0.25, 0.3) is 5.91 Å². The van der Waals surface area contributed by atoms with Gasteiger partial charge in [0.1, 0.15) is 0 Å². The average molecular weight is 222 g/mol. The number of hydrogen-bond acceptors (Lipinski definition) is 3. The Balaban J connectivity index is 2.02. The first kappa shape index (κ1) is 11.2. The van der Waals surface area contributed by atoms with Gasteiger partial charge >= 0.3 is 0 Å². The van der Waals surface area contributed by atoms with Crippen molar-refractivity contribution in [3.8, 4) is 0 Å². The van der Waals surface area contributed by atoms with E-state index in [2.05, 4.69) is 0 Å². The van der Waals surface area contributed by atoms with Crippen molar-refractivity contribution in [2.24, 2.45) is 11.7 Å². The molecule has 1 aromatic heterocycles. The van der Waals surface area contributed by atoms with Gasteiger partial charge in [-0.1, -0.05) is 0 Å². The Bertz CT molecular complexity index is 346. The van der Waals surface area contributed by atoms with Crippen molar-refractivity contribution in [1.82, 2.24) is 4.90 Å². The summed E-state index contributed by atoms with van der Waals surface area (Å²) in [4.78, 5) is 13.9. The van der Waals surface area contributed by atoms with Crippen LogP contribution in [-0.2, 0) is 0 Å². The number of nitrogens with zero attached hydrogens (tertiary/aromatic N) is 1. The van der Waals surface area contributed by atoms with Crippen LogP contribution < -0.4 is 5.73 Å². The minimum Gasteiger partial charge on any atom is -0.459 e. The van der Waals surface area contributed by atoms with E-state index in [1.807, 2.05) is 11.8 Å². The van der Waals surface area contributed by atoms with Gasteiger partial charge in [-0.25, -0.2) is 0 Å². The largest absolute Gasteiger partial charge is 0.459 e. The lowest BCUT2D eigenvalue weighted by molar-refractivity contribution is 0.0629. The molecule has 1 aliphatic heterocycles. The van der Waals surface area contributed by atoms with Crippen LogP contribution in [0.3, 0.4) is 0 Å². The van der Waals surface area contributed by atoms with E-state index in [0.29, 0.717) is 11.7 Å². The maximum absolute atomic E-state index is 12.0. The Morgan fingerprint density at radius 1 is 1.69 bits per heavy atom. The number of piperidine rings is 1. The number of furan rings is 1. The smallest absolute Gasteiger partial charge is 0.289 e. The maximum Gasteiger partial charge on any atom is 0.289 e. The van der Waals surface area contributed by atoms with Gasteiger partial charge in [0.05, 0.1) is 6.26 Å². The predicted octanol–water partition coefficient (Wildman–Crippen LogP) is 1.48. The van der Waals surface area contributed by atoms with E-state index in [1.165, 1.54) is 6.26 Å². The molecule has 0 aromatic carbocycles. The monoisotopic (exact) mass is 222 g/mol. The highest BCUT2D eigenvalue weighted by Gasteiger charge is 2.27. The van der Waals surface area contributed by atoms with Crippen molar-refractivity contribution < 1.29 is 9.21 Å². The summed E-state index contributed by atoms with van der Waals surface area (Å²) in [6, 6.07) is 3.59. The highest BCUT2D eigenvalue weighted by Crippen LogP contribution is 2.20. The first-order valence-corrected chi connectivity index (χ1v) is 5.77. The fourth-order valence-electron chi connectivity index (χ4n) is 2.18. The van der Waals surface area contributed by atoms with Gasteiger partial charge in [0.2, 0.25) is 0 Å². The number of nitrogens with two attached hydrogens (primary N) is 1. The summed E-state index contributed by atoms with van der Waals surface area (Å²) in [5.74, 6) is 0.813. The standard InChI is InChI=1S/C12H18N2O2/c1-9(13)10-4-2-6-14(8-10)12(15)11-5-3-7-16-11/h3,5,7,9-10H,2,4,6,8,13H2,1H3. The molecule has 0 saturated carbocycles. The molecule has 2 N–H and O–H groups in total. The number of carbonyl (C=O) groups excluding carboxylic acids is 1. The Labute approximate surface area is 95.4 Å². The molecule has 1 aliphatic rings. The molecule has 16 heavy (non-hydrogen) atoms. The van der Waals surface area contributed by atoms with Crippen LogP contribution in [0.25, 0.3) is 0 Å². The van der Waals surface area contributed by atoms with Crippen LogP contribution in [0.2, 0.25) is 0 Å². The molecule has 4 heteroatoms. The molecular formula is C12H18N2O2. The van der Waals surface area contributed by atoms with Crippen LogP contribution >= 0.6 is 0 Å². The van der Waals surface area contributed by atoms with Gasteiger partial charge < -0.3 is 15.1 Å². The van der Waals surface area contributed by atoms with Crippen LogP contribution in [-0.4, -0.2) is 29.9 Å². The van der Waals surface area contributed by atoms with E-state index < -0.39 is 0 Å². The second-order valence-electron chi connectivity index (χ2n) is 4.49. The zero-order valence-corrected chi connectivity index (χ0v) is 9.56. The summed E-state index contributed by atoms with van der Waals surface area (Å²) < 4.78 is 5.12. The van der Waals surface area contributed by atoms with Crippen LogP contribution in [0.1, 0.15) is 30.3 Å². The Hall–Kier alpha value is -1.29. The summed E-state index contributed by atoms with van der Waals surface area (Å²) in [5, 5.41) is 0. The van der Waals surface area contributed by atoms with E-state index in [4.69, 9.17) is 10.2 Å². The summed E-state index contributed by atoms with van der Waals surface area (Å²) in [6.45, 7) is 3.56. The Kier molecular flexibility index (Phi) is 3.29. The second-order valence-corrected chi connectivity index (χ2v) is 4.49. The van der Waals surface area contributed by atoms with Gasteiger partial charge in [-0.3, -0.25) is 4.79 Å². The molecule has 2 heterocycles. The molecule has 0 aliphatic carbocycles. The lowest BCUT2D eigenvalue weighted by Crippen LogP contribution is -2.44. The van der Waals surface area contributed by atoms with Crippen molar-refractivity contribution >= 4 is 5.91 Å². The van der Waals surface area contributed by atoms with Crippen molar-refractivity contribution in [1.29, 1.82) is 0 Å². The predicted molar refractivity (Wildman–Crippen MR) is 61.0 cm³/mol. The summed E-state index contributed by atoms with van der Waals surface area (Å²) in [7, 11) is 0. The number of likely N-dealkylation sites (tertiary alicyclic amines) is 1. The van der Waals surface area contributed by atoms with Gasteiger partial charge in [-0.05, 0) is 37.8 Å². The number of carbonyl (C=O) groups is 1. The van der Waals surface area contributed by atoms with E-state index in [1.54, 1.807) is 12.1 Å². The summed E-state index contributed by atoms with van der Waals surface area (Å²) >= 11 is 0. The zero-order valence-electron chi connectivity index (χ0n) is 9.56. The molecule has 1 amide bonds. The molecule has 88 valence electrons. The third kappa shape index (κ3) is 2.27. The van der Waals surface area contributed by atoms with Gasteiger partial charge in [-0.2, -0.15) is 0 Å². The van der Waals surface area contributed by atoms with Crippen molar-refractivity contribution in [3.05, 3.63) is 24.2 Å². The SMILES string of the molecule is CC(N)C1CCCN(C(=O)c2ccco2)C1. The molecule has 2 rings (SSSR count). The van der Waals surface area contributed by atoms with E-state index in [0.717, 1.165) is 25.9 Å². The highest BCUT2D eigenvalue weighted by atomic mass is 16.3. The number of amides is 1. The van der Waals surface area contributed by atoms with E-state index in [-0.39, 0.29) is 11.9 Å². The minimum atomic E-state index is -0.0182. The molecule has 1 aromatic rings. The lowest BCUT2D eigenvalue weighted by atomic mass is 9.92. The highest BCUT2D eigenvalue weighted by molar-refractivity contribution is 5.91. The third-order valence-electron chi connectivity index (χ3n) is 3.22. The molecule has 1 fully saturated rings. The first-order chi connectivity index (χ1) is 7.68. The zero-order chi connectivity index (χ0) is 11.5. The molecule has 2 unspecified atom stereocenters. The van der Waals surface area contributed by atoms with Crippen LogP contribution in [0.5, 0.6) is 0 Å². The third-order valence-corrected chi connectivity index (χ3v) is 3.22. The van der Waals surface area contributed by atoms with Crippen LogP contribution in [0, 0.1) is 5.92 Å². The van der Waals surface area contributed by atoms with E-state index in [9.17, 15) is 4.79 Å². The molecular weight excluding hydrogens is 204 g/mol. The molecule has 0 radical (unpaired) electrons. The number of rotatable bonds is 2. The van der Waals surface area contributed by atoms with Crippen LogP contribution in [0.4, 0.5) is 0 Å². The topological polar surface area (TPSA) is 59.5 Å². The van der Waals surface area contributed by atoms with Crippen molar-refractivity contribution in [3.63, 3.8) is 0 Å². The molecule has 1 saturated heterocycles.